The molecule has 6 nitrogen and oxygen atoms in total. The zero-order valence-corrected chi connectivity index (χ0v) is 35.5. The first kappa shape index (κ1) is 50.1. The molecule has 0 N–H and O–H groups in total. The van der Waals surface area contributed by atoms with Crippen molar-refractivity contribution >= 4 is 30.6 Å². The van der Waals surface area contributed by atoms with Gasteiger partial charge >= 0.3 is 0 Å². The van der Waals surface area contributed by atoms with Gasteiger partial charge in [-0.1, -0.05) is 101 Å². The van der Waals surface area contributed by atoms with E-state index in [9.17, 15) is 16.8 Å². The Labute approximate surface area is 298 Å². The number of para-hydroxylation sites is 1. The normalized spacial score (nSPS) is 11.3. The van der Waals surface area contributed by atoms with Gasteiger partial charge in [-0.15, -0.1) is 0 Å². The fraction of sp³-hybridized carbons (Fsp3) is 0.650. The van der Waals surface area contributed by atoms with Gasteiger partial charge in [0, 0.05) is 42.2 Å². The van der Waals surface area contributed by atoms with Crippen LogP contribution >= 0.6 is 0 Å². The lowest BCUT2D eigenvalue weighted by atomic mass is 10.0. The molecule has 48 heavy (non-hydrogen) atoms. The van der Waals surface area contributed by atoms with Crippen molar-refractivity contribution in [3.8, 4) is 0 Å². The molecule has 0 bridgehead atoms. The Balaban J connectivity index is -0.000000547. The molecule has 0 aliphatic heterocycles. The molecule has 0 atom stereocenters. The summed E-state index contributed by atoms with van der Waals surface area (Å²) in [5.74, 6) is 0.852. The van der Waals surface area contributed by atoms with Crippen LogP contribution in [0.4, 0.5) is 0 Å². The van der Waals surface area contributed by atoms with Gasteiger partial charge in [-0.3, -0.25) is 0 Å². The summed E-state index contributed by atoms with van der Waals surface area (Å²) in [6.45, 7) is 32.3. The Morgan fingerprint density at radius 1 is 0.458 bits per heavy atom. The Bertz CT molecular complexity index is 1360. The van der Waals surface area contributed by atoms with E-state index in [1.807, 2.05) is 101 Å². The smallest absolute Gasteiger partial charge is 0.212 e. The van der Waals surface area contributed by atoms with Gasteiger partial charge in [0.2, 0.25) is 5.52 Å². The molecule has 0 unspecified atom stereocenters. The van der Waals surface area contributed by atoms with Gasteiger partial charge < -0.3 is 0 Å². The number of nitrogens with zero attached hydrogens (tertiary/aromatic N) is 2. The lowest BCUT2D eigenvalue weighted by Crippen LogP contribution is -2.36. The Hall–Kier alpha value is -2.32. The van der Waals surface area contributed by atoms with Crippen molar-refractivity contribution in [3.63, 3.8) is 0 Å². The number of rotatable bonds is 8. The van der Waals surface area contributed by atoms with Crippen LogP contribution < -0.4 is 9.13 Å². The molecule has 0 spiro atoms. The summed E-state index contributed by atoms with van der Waals surface area (Å²) in [6.07, 6.45) is 8.91. The van der Waals surface area contributed by atoms with Gasteiger partial charge in [-0.2, -0.15) is 4.57 Å². The zero-order chi connectivity index (χ0) is 38.4. The second-order valence-corrected chi connectivity index (χ2v) is 18.0. The second kappa shape index (κ2) is 25.6. The van der Waals surface area contributed by atoms with Crippen LogP contribution in [0.3, 0.4) is 0 Å². The maximum Gasteiger partial charge on any atom is 0.212 e. The number of sulfone groups is 2. The van der Waals surface area contributed by atoms with Crippen molar-refractivity contribution in [2.24, 2.45) is 23.7 Å². The van der Waals surface area contributed by atoms with Crippen LogP contribution in [0.2, 0.25) is 0 Å². The predicted molar refractivity (Wildman–Crippen MR) is 211 cm³/mol. The first-order chi connectivity index (χ1) is 22.1. The average Bonchev–Trinajstić information content (AvgIpc) is 2.98. The quantitative estimate of drug-likeness (QED) is 0.218. The highest BCUT2D eigenvalue weighted by atomic mass is 32.2. The third kappa shape index (κ3) is 20.3. The summed E-state index contributed by atoms with van der Waals surface area (Å²) in [6, 6.07) is 19.9. The molecule has 0 aliphatic rings. The standard InChI is InChI=1S/C12H14N.C8H12N.2C8H18O2S.2C2H6/c1-10(2)13-9-5-7-11-6-3-4-8-12(11)13;1-8(2)9-6-4-3-5-7-9;2*1-6(2)8(7(3)4)11(5,9)10;2*1-2/h3-10H,1-2H3;3-8H,1-2H3;2*6-8H,1-5H3;2*1-2H3/q2*+1;;;;. The van der Waals surface area contributed by atoms with Crippen molar-refractivity contribution < 1.29 is 26.0 Å². The van der Waals surface area contributed by atoms with Gasteiger partial charge in [-0.05, 0) is 63.5 Å². The fourth-order valence-corrected chi connectivity index (χ4v) is 9.86. The van der Waals surface area contributed by atoms with Gasteiger partial charge in [0.15, 0.2) is 50.3 Å². The molecule has 2 heterocycles. The fourth-order valence-electron chi connectivity index (χ4n) is 5.91. The molecule has 0 amide bonds. The summed E-state index contributed by atoms with van der Waals surface area (Å²) < 4.78 is 49.3. The lowest BCUT2D eigenvalue weighted by molar-refractivity contribution is -0.716. The van der Waals surface area contributed by atoms with E-state index < -0.39 is 19.7 Å². The summed E-state index contributed by atoms with van der Waals surface area (Å²) in [5, 5.41) is 0.920. The molecular weight excluding hydrogens is 637 g/mol. The van der Waals surface area contributed by atoms with Crippen LogP contribution in [0.5, 0.6) is 0 Å². The van der Waals surface area contributed by atoms with E-state index in [1.54, 1.807) is 0 Å². The van der Waals surface area contributed by atoms with Crippen LogP contribution in [-0.2, 0) is 19.7 Å². The molecule has 1 aromatic carbocycles. The molecule has 2 aromatic heterocycles. The molecule has 0 saturated heterocycles. The van der Waals surface area contributed by atoms with Crippen LogP contribution in [0.25, 0.3) is 10.9 Å². The Kier molecular flexibility index (Phi) is 26.7. The minimum atomic E-state index is -2.86. The van der Waals surface area contributed by atoms with Crippen molar-refractivity contribution in [2.45, 2.75) is 133 Å². The maximum absolute atomic E-state index is 11.2. The SMILES string of the molecule is CC.CC.CC(C)C(C(C)C)S(C)(=O)=O.CC(C)C(C(C)C)S(C)(=O)=O.CC(C)[n+]1cccc2ccccc21.CC(C)[n+]1ccccc1. The van der Waals surface area contributed by atoms with Gasteiger partial charge in [0.05, 0.1) is 10.5 Å². The molecule has 8 heteroatoms. The predicted octanol–water partition coefficient (Wildman–Crippen LogP) is 9.74. The van der Waals surface area contributed by atoms with E-state index in [1.165, 1.54) is 23.4 Å². The zero-order valence-electron chi connectivity index (χ0n) is 33.9. The summed E-state index contributed by atoms with van der Waals surface area (Å²) in [4.78, 5) is 0. The highest BCUT2D eigenvalue weighted by Gasteiger charge is 2.28. The average molecular weight is 711 g/mol. The molecule has 278 valence electrons. The first-order valence-corrected chi connectivity index (χ1v) is 21.8. The third-order valence-corrected chi connectivity index (χ3v) is 11.4. The van der Waals surface area contributed by atoms with Crippen molar-refractivity contribution in [1.82, 2.24) is 0 Å². The molecule has 0 saturated carbocycles. The van der Waals surface area contributed by atoms with Gasteiger partial charge in [-0.25, -0.2) is 21.4 Å². The van der Waals surface area contributed by atoms with E-state index in [-0.39, 0.29) is 34.2 Å². The third-order valence-electron chi connectivity index (χ3n) is 7.25. The Morgan fingerprint density at radius 3 is 1.08 bits per heavy atom. The van der Waals surface area contributed by atoms with Crippen LogP contribution in [0.15, 0.2) is 73.2 Å². The van der Waals surface area contributed by atoms with Crippen LogP contribution in [0, 0.1) is 23.7 Å². The van der Waals surface area contributed by atoms with E-state index in [4.69, 9.17) is 0 Å². The topological polar surface area (TPSA) is 76.0 Å². The van der Waals surface area contributed by atoms with Gasteiger partial charge in [0.1, 0.15) is 0 Å². The first-order valence-electron chi connectivity index (χ1n) is 17.8. The molecule has 0 aliphatic carbocycles. The molecule has 0 fully saturated rings. The summed E-state index contributed by atoms with van der Waals surface area (Å²) in [5.41, 5.74) is 1.31. The van der Waals surface area contributed by atoms with E-state index in [0.29, 0.717) is 12.1 Å². The highest BCUT2D eigenvalue weighted by molar-refractivity contribution is 7.91. The lowest BCUT2D eigenvalue weighted by Gasteiger charge is -2.22. The maximum atomic E-state index is 11.2. The van der Waals surface area contributed by atoms with Gasteiger partial charge in [0.25, 0.3) is 0 Å². The monoisotopic (exact) mass is 711 g/mol. The van der Waals surface area contributed by atoms with Crippen LogP contribution in [-0.4, -0.2) is 39.8 Å². The summed E-state index contributed by atoms with van der Waals surface area (Å²) in [7, 11) is -5.73. The molecule has 3 rings (SSSR count). The second-order valence-electron chi connectivity index (χ2n) is 13.5. The van der Waals surface area contributed by atoms with Crippen molar-refractivity contribution in [1.29, 1.82) is 0 Å². The number of fused-ring (bicyclic) bond motifs is 1. The highest BCUT2D eigenvalue weighted by Crippen LogP contribution is 2.20. The Morgan fingerprint density at radius 2 is 0.812 bits per heavy atom. The minimum absolute atomic E-state index is 0.192. The number of benzene rings is 1. The van der Waals surface area contributed by atoms with Crippen molar-refractivity contribution in [2.75, 3.05) is 12.5 Å². The number of pyridine rings is 2. The largest absolute Gasteiger partial charge is 0.229 e. The van der Waals surface area contributed by atoms with E-state index in [0.717, 1.165) is 0 Å². The number of hydrogen-bond donors (Lipinski definition) is 0. The van der Waals surface area contributed by atoms with Crippen LogP contribution in [0.1, 0.15) is 123 Å². The molecule has 0 radical (unpaired) electrons. The molecular formula is C40H74N2O4S2+2. The minimum Gasteiger partial charge on any atom is -0.229 e. The van der Waals surface area contributed by atoms with Crippen molar-refractivity contribution in [3.05, 3.63) is 73.2 Å². The van der Waals surface area contributed by atoms with E-state index >= 15 is 0 Å². The summed E-state index contributed by atoms with van der Waals surface area (Å²) >= 11 is 0. The van der Waals surface area contributed by atoms with E-state index in [2.05, 4.69) is 91.8 Å². The molecule has 3 aromatic rings. The number of aromatic nitrogens is 2. The number of hydrogen-bond acceptors (Lipinski definition) is 4.